The van der Waals surface area contributed by atoms with Crippen LogP contribution in [-0.4, -0.2) is 76.7 Å². The lowest BCUT2D eigenvalue weighted by atomic mass is 10.1. The lowest BCUT2D eigenvalue weighted by molar-refractivity contribution is -0.132. The summed E-state index contributed by atoms with van der Waals surface area (Å²) in [4.78, 5) is 30.6. The fraction of sp³-hybridized carbons (Fsp3) is 0.478. The lowest BCUT2D eigenvalue weighted by Gasteiger charge is -2.37. The number of amides is 3. The largest absolute Gasteiger partial charge is 0.352 e. The molecule has 0 saturated carbocycles. The van der Waals surface area contributed by atoms with E-state index < -0.39 is 0 Å². The molecule has 32 heavy (non-hydrogen) atoms. The van der Waals surface area contributed by atoms with Gasteiger partial charge in [-0.05, 0) is 64.1 Å². The number of nitrogens with one attached hydrogen (secondary N) is 1. The van der Waals surface area contributed by atoms with Crippen molar-refractivity contribution in [2.45, 2.75) is 39.8 Å². The molecule has 8 nitrogen and oxygen atoms in total. The fourth-order valence-corrected chi connectivity index (χ4v) is 3.52. The number of aromatic nitrogens is 2. The first-order valence-corrected chi connectivity index (χ1v) is 10.9. The predicted molar refractivity (Wildman–Crippen MR) is 122 cm³/mol. The summed E-state index contributed by atoms with van der Waals surface area (Å²) in [5, 5.41) is 11.4. The van der Waals surface area contributed by atoms with Crippen molar-refractivity contribution < 1.29 is 14.0 Å². The molecule has 1 fully saturated rings. The molecule has 0 unspecified atom stereocenters. The number of hydrogen-bond acceptors (Lipinski definition) is 5. The molecule has 172 valence electrons. The average Bonchev–Trinajstić information content (AvgIpc) is 2.77. The van der Waals surface area contributed by atoms with Gasteiger partial charge in [0.05, 0.1) is 5.69 Å². The minimum Gasteiger partial charge on any atom is -0.352 e. The molecule has 0 bridgehead atoms. The zero-order valence-electron chi connectivity index (χ0n) is 19.1. The summed E-state index contributed by atoms with van der Waals surface area (Å²) >= 11 is 0. The molecular weight excluding hydrogens is 411 g/mol. The third-order valence-corrected chi connectivity index (χ3v) is 5.35. The van der Waals surface area contributed by atoms with Gasteiger partial charge in [0.2, 0.25) is 5.91 Å². The van der Waals surface area contributed by atoms with E-state index in [-0.39, 0.29) is 36.4 Å². The SMILES string of the molecule is CC(C)NC(=O)N(CC(=O)N1CCN(c2ccc(-c3ccc(F)cc3)nn2)CC1)C(C)C. The topological polar surface area (TPSA) is 81.7 Å². The summed E-state index contributed by atoms with van der Waals surface area (Å²) in [5.41, 5.74) is 1.48. The number of carbonyl (C=O) groups excluding carboxylic acids is 2. The minimum absolute atomic E-state index is 0.0120. The number of urea groups is 1. The molecule has 1 saturated heterocycles. The van der Waals surface area contributed by atoms with E-state index in [9.17, 15) is 14.0 Å². The van der Waals surface area contributed by atoms with Crippen LogP contribution >= 0.6 is 0 Å². The molecule has 1 aliphatic rings. The van der Waals surface area contributed by atoms with Crippen molar-refractivity contribution in [1.82, 2.24) is 25.3 Å². The third-order valence-electron chi connectivity index (χ3n) is 5.35. The van der Waals surface area contributed by atoms with Crippen molar-refractivity contribution in [3.8, 4) is 11.3 Å². The Morgan fingerprint density at radius 1 is 1.00 bits per heavy atom. The normalized spacial score (nSPS) is 14.1. The maximum Gasteiger partial charge on any atom is 0.318 e. The Balaban J connectivity index is 1.55. The van der Waals surface area contributed by atoms with Crippen LogP contribution in [0.5, 0.6) is 0 Å². The standard InChI is InChI=1S/C23H31FN6O2/c1-16(2)25-23(32)30(17(3)4)15-22(31)29-13-11-28(12-14-29)21-10-9-20(26-27-21)18-5-7-19(24)8-6-18/h5-10,16-17H,11-15H2,1-4H3,(H,25,32). The van der Waals surface area contributed by atoms with E-state index in [0.29, 0.717) is 31.9 Å². The smallest absolute Gasteiger partial charge is 0.318 e. The Kier molecular flexibility index (Phi) is 7.61. The molecule has 3 amide bonds. The number of piperazine rings is 1. The van der Waals surface area contributed by atoms with Gasteiger partial charge in [0.15, 0.2) is 5.82 Å². The number of halogens is 1. The maximum atomic E-state index is 13.1. The van der Waals surface area contributed by atoms with Crippen LogP contribution in [0.2, 0.25) is 0 Å². The van der Waals surface area contributed by atoms with Crippen molar-refractivity contribution in [1.29, 1.82) is 0 Å². The van der Waals surface area contributed by atoms with Gasteiger partial charge in [0.25, 0.3) is 0 Å². The number of nitrogens with zero attached hydrogens (tertiary/aromatic N) is 5. The molecular formula is C23H31FN6O2. The Labute approximate surface area is 188 Å². The van der Waals surface area contributed by atoms with E-state index >= 15 is 0 Å². The summed E-state index contributed by atoms with van der Waals surface area (Å²) in [6.45, 7) is 10.0. The molecule has 2 heterocycles. The lowest BCUT2D eigenvalue weighted by Crippen LogP contribution is -2.54. The monoisotopic (exact) mass is 442 g/mol. The van der Waals surface area contributed by atoms with Gasteiger partial charge in [0.1, 0.15) is 12.4 Å². The number of hydrogen-bond donors (Lipinski definition) is 1. The van der Waals surface area contributed by atoms with Gasteiger partial charge >= 0.3 is 6.03 Å². The zero-order valence-corrected chi connectivity index (χ0v) is 19.1. The van der Waals surface area contributed by atoms with Crippen LogP contribution < -0.4 is 10.2 Å². The Morgan fingerprint density at radius 3 is 2.19 bits per heavy atom. The molecule has 9 heteroatoms. The first-order valence-electron chi connectivity index (χ1n) is 10.9. The minimum atomic E-state index is -0.289. The van der Waals surface area contributed by atoms with Crippen LogP contribution in [0.15, 0.2) is 36.4 Å². The Hall–Kier alpha value is -3.23. The van der Waals surface area contributed by atoms with Crippen LogP contribution in [0.3, 0.4) is 0 Å². The van der Waals surface area contributed by atoms with Gasteiger partial charge in [-0.15, -0.1) is 10.2 Å². The van der Waals surface area contributed by atoms with E-state index in [0.717, 1.165) is 11.4 Å². The molecule has 1 aromatic heterocycles. The van der Waals surface area contributed by atoms with Crippen molar-refractivity contribution in [2.24, 2.45) is 0 Å². The summed E-state index contributed by atoms with van der Waals surface area (Å²) in [7, 11) is 0. The first kappa shape index (κ1) is 23.4. The van der Waals surface area contributed by atoms with Crippen LogP contribution in [-0.2, 0) is 4.79 Å². The van der Waals surface area contributed by atoms with Crippen molar-refractivity contribution in [2.75, 3.05) is 37.6 Å². The van der Waals surface area contributed by atoms with Gasteiger partial charge in [-0.3, -0.25) is 4.79 Å². The molecule has 0 aliphatic carbocycles. The quantitative estimate of drug-likeness (QED) is 0.744. The van der Waals surface area contributed by atoms with Crippen LogP contribution in [0.1, 0.15) is 27.7 Å². The van der Waals surface area contributed by atoms with E-state index in [1.54, 1.807) is 21.9 Å². The van der Waals surface area contributed by atoms with Crippen molar-refractivity contribution in [3.05, 3.63) is 42.2 Å². The van der Waals surface area contributed by atoms with E-state index in [4.69, 9.17) is 0 Å². The second kappa shape index (κ2) is 10.4. The molecule has 1 N–H and O–H groups in total. The number of benzene rings is 1. The third kappa shape index (κ3) is 5.93. The zero-order chi connectivity index (χ0) is 23.3. The Bertz CT molecular complexity index is 909. The summed E-state index contributed by atoms with van der Waals surface area (Å²) in [5.74, 6) is 0.390. The highest BCUT2D eigenvalue weighted by Gasteiger charge is 2.26. The average molecular weight is 443 g/mol. The van der Waals surface area contributed by atoms with Crippen LogP contribution in [0, 0.1) is 5.82 Å². The van der Waals surface area contributed by atoms with Crippen molar-refractivity contribution >= 4 is 17.8 Å². The van der Waals surface area contributed by atoms with E-state index in [2.05, 4.69) is 20.4 Å². The highest BCUT2D eigenvalue weighted by Crippen LogP contribution is 2.20. The maximum absolute atomic E-state index is 13.1. The van der Waals surface area contributed by atoms with Crippen molar-refractivity contribution in [3.63, 3.8) is 0 Å². The second-order valence-electron chi connectivity index (χ2n) is 8.48. The molecule has 3 rings (SSSR count). The van der Waals surface area contributed by atoms with Gasteiger partial charge in [-0.1, -0.05) is 0 Å². The first-order chi connectivity index (χ1) is 15.2. The van der Waals surface area contributed by atoms with E-state index in [1.165, 1.54) is 12.1 Å². The molecule has 1 aliphatic heterocycles. The van der Waals surface area contributed by atoms with Crippen LogP contribution in [0.25, 0.3) is 11.3 Å². The van der Waals surface area contributed by atoms with Crippen LogP contribution in [0.4, 0.5) is 15.0 Å². The molecule has 0 spiro atoms. The fourth-order valence-electron chi connectivity index (χ4n) is 3.52. The van der Waals surface area contributed by atoms with Gasteiger partial charge in [0, 0.05) is 43.8 Å². The summed E-state index contributed by atoms with van der Waals surface area (Å²) in [6, 6.07) is 9.60. The summed E-state index contributed by atoms with van der Waals surface area (Å²) in [6.07, 6.45) is 0. The number of carbonyl (C=O) groups is 2. The molecule has 0 radical (unpaired) electrons. The molecule has 0 atom stereocenters. The second-order valence-corrected chi connectivity index (χ2v) is 8.48. The predicted octanol–water partition coefficient (Wildman–Crippen LogP) is 2.76. The van der Waals surface area contributed by atoms with E-state index in [1.807, 2.05) is 39.8 Å². The van der Waals surface area contributed by atoms with Gasteiger partial charge in [-0.2, -0.15) is 0 Å². The Morgan fingerprint density at radius 2 is 1.66 bits per heavy atom. The molecule has 2 aromatic rings. The van der Waals surface area contributed by atoms with Gasteiger partial charge in [-0.25, -0.2) is 9.18 Å². The highest BCUT2D eigenvalue weighted by molar-refractivity contribution is 5.84. The molecule has 1 aromatic carbocycles. The summed E-state index contributed by atoms with van der Waals surface area (Å²) < 4.78 is 13.1. The number of anilines is 1. The number of rotatable bonds is 6. The highest BCUT2D eigenvalue weighted by atomic mass is 19.1. The van der Waals surface area contributed by atoms with Gasteiger partial charge < -0.3 is 20.0 Å².